The highest BCUT2D eigenvalue weighted by atomic mass is 35.5. The summed E-state index contributed by atoms with van der Waals surface area (Å²) in [7, 11) is 0. The molecule has 3 atom stereocenters. The van der Waals surface area contributed by atoms with Gasteiger partial charge in [0.1, 0.15) is 17.7 Å². The summed E-state index contributed by atoms with van der Waals surface area (Å²) in [6, 6.07) is 3.08. The highest BCUT2D eigenvalue weighted by molar-refractivity contribution is 5.85. The van der Waals surface area contributed by atoms with Crippen LogP contribution in [0, 0.1) is 11.6 Å². The lowest BCUT2D eigenvalue weighted by Crippen LogP contribution is -2.55. The molecule has 1 unspecified atom stereocenters. The van der Waals surface area contributed by atoms with E-state index in [2.05, 4.69) is 10.6 Å². The van der Waals surface area contributed by atoms with Gasteiger partial charge in [0.25, 0.3) is 0 Å². The van der Waals surface area contributed by atoms with Crippen molar-refractivity contribution < 1.29 is 18.3 Å². The van der Waals surface area contributed by atoms with Gasteiger partial charge >= 0.3 is 0 Å². The average Bonchev–Trinajstić information content (AvgIpc) is 2.45. The van der Waals surface area contributed by atoms with Crippen LogP contribution < -0.4 is 10.6 Å². The van der Waals surface area contributed by atoms with Crippen molar-refractivity contribution in [2.45, 2.75) is 31.9 Å². The van der Waals surface area contributed by atoms with E-state index in [1.54, 1.807) is 6.92 Å². The summed E-state index contributed by atoms with van der Waals surface area (Å²) in [5.74, 6) is -1.61. The lowest BCUT2D eigenvalue weighted by Gasteiger charge is -2.29. The van der Waals surface area contributed by atoms with Gasteiger partial charge in [0, 0.05) is 25.1 Å². The van der Waals surface area contributed by atoms with E-state index >= 15 is 0 Å². The van der Waals surface area contributed by atoms with Crippen molar-refractivity contribution >= 4 is 18.3 Å². The number of ether oxygens (including phenoxy) is 1. The highest BCUT2D eigenvalue weighted by Gasteiger charge is 2.28. The molecule has 2 rings (SSSR count). The molecule has 1 fully saturated rings. The second-order valence-electron chi connectivity index (χ2n) is 5.32. The van der Waals surface area contributed by atoms with Crippen LogP contribution in [0.1, 0.15) is 25.3 Å². The molecule has 124 valence electrons. The first kappa shape index (κ1) is 18.8. The second kappa shape index (κ2) is 8.41. The zero-order valence-corrected chi connectivity index (χ0v) is 13.4. The van der Waals surface area contributed by atoms with Gasteiger partial charge in [0.05, 0.1) is 12.7 Å². The molecule has 4 nitrogen and oxygen atoms in total. The van der Waals surface area contributed by atoms with Gasteiger partial charge in [-0.25, -0.2) is 8.78 Å². The fraction of sp³-hybridized carbons (Fsp3) is 0.533. The standard InChI is InChI=1S/C15H20F2N2O2.ClH/c1-9(12-4-3-11(16)7-13(12)17)8-19-15(20)14-10(2)21-6-5-18-14;/h3-4,7,9-10,14,18H,5-6,8H2,1-2H3,(H,19,20);1H/t9?,10-,14+;/m1./s1. The third-order valence-corrected chi connectivity index (χ3v) is 3.67. The summed E-state index contributed by atoms with van der Waals surface area (Å²) >= 11 is 0. The molecule has 1 amide bonds. The largest absolute Gasteiger partial charge is 0.375 e. The van der Waals surface area contributed by atoms with Crippen LogP contribution in [0.2, 0.25) is 0 Å². The van der Waals surface area contributed by atoms with Gasteiger partial charge < -0.3 is 15.4 Å². The van der Waals surface area contributed by atoms with Gasteiger partial charge in [0.15, 0.2) is 0 Å². The predicted octanol–water partition coefficient (Wildman–Crippen LogP) is 1.98. The number of carbonyl (C=O) groups excluding carboxylic acids is 1. The Morgan fingerprint density at radius 3 is 2.86 bits per heavy atom. The van der Waals surface area contributed by atoms with Gasteiger partial charge in [-0.3, -0.25) is 4.79 Å². The first-order chi connectivity index (χ1) is 9.99. The summed E-state index contributed by atoms with van der Waals surface area (Å²) in [4.78, 5) is 12.1. The van der Waals surface area contributed by atoms with Crippen molar-refractivity contribution in [3.63, 3.8) is 0 Å². The van der Waals surface area contributed by atoms with Crippen LogP contribution in [-0.4, -0.2) is 37.7 Å². The molecule has 2 N–H and O–H groups in total. The number of rotatable bonds is 4. The summed E-state index contributed by atoms with van der Waals surface area (Å²) in [6.45, 7) is 5.11. The number of hydrogen-bond acceptors (Lipinski definition) is 3. The summed E-state index contributed by atoms with van der Waals surface area (Å²) < 4.78 is 31.9. The molecule has 1 aromatic carbocycles. The summed E-state index contributed by atoms with van der Waals surface area (Å²) in [5.41, 5.74) is 0.387. The Morgan fingerprint density at radius 2 is 2.23 bits per heavy atom. The van der Waals surface area contributed by atoms with E-state index in [1.807, 2.05) is 6.92 Å². The molecular formula is C15H21ClF2N2O2. The van der Waals surface area contributed by atoms with Crippen molar-refractivity contribution in [1.29, 1.82) is 0 Å². The zero-order chi connectivity index (χ0) is 15.4. The quantitative estimate of drug-likeness (QED) is 0.885. The molecular weight excluding hydrogens is 314 g/mol. The molecule has 1 heterocycles. The Kier molecular flexibility index (Phi) is 7.19. The number of hydrogen-bond donors (Lipinski definition) is 2. The molecule has 7 heteroatoms. The molecule has 1 saturated heterocycles. The minimum atomic E-state index is -0.607. The molecule has 0 aromatic heterocycles. The molecule has 0 spiro atoms. The molecule has 0 bridgehead atoms. The van der Waals surface area contributed by atoms with Gasteiger partial charge in [-0.05, 0) is 18.6 Å². The van der Waals surface area contributed by atoms with E-state index in [0.29, 0.717) is 18.7 Å². The fourth-order valence-corrected chi connectivity index (χ4v) is 2.40. The maximum absolute atomic E-state index is 13.7. The van der Waals surface area contributed by atoms with E-state index in [0.717, 1.165) is 6.07 Å². The van der Waals surface area contributed by atoms with E-state index in [1.165, 1.54) is 12.1 Å². The van der Waals surface area contributed by atoms with Crippen LogP contribution in [0.5, 0.6) is 0 Å². The van der Waals surface area contributed by atoms with Crippen molar-refractivity contribution in [2.75, 3.05) is 19.7 Å². The third-order valence-electron chi connectivity index (χ3n) is 3.67. The molecule has 1 aliphatic heterocycles. The lowest BCUT2D eigenvalue weighted by molar-refractivity contribution is -0.128. The predicted molar refractivity (Wildman–Crippen MR) is 82.2 cm³/mol. The Bertz CT molecular complexity index is 516. The van der Waals surface area contributed by atoms with Crippen molar-refractivity contribution in [1.82, 2.24) is 10.6 Å². The smallest absolute Gasteiger partial charge is 0.239 e. The summed E-state index contributed by atoms with van der Waals surface area (Å²) in [5, 5.41) is 5.87. The third kappa shape index (κ3) is 4.63. The summed E-state index contributed by atoms with van der Waals surface area (Å²) in [6.07, 6.45) is -0.198. The first-order valence-corrected chi connectivity index (χ1v) is 7.06. The van der Waals surface area contributed by atoms with Gasteiger partial charge in [-0.2, -0.15) is 0 Å². The molecule has 0 radical (unpaired) electrons. The molecule has 1 aromatic rings. The Hall–Kier alpha value is -1.24. The number of benzene rings is 1. The normalized spacial score (nSPS) is 22.5. The van der Waals surface area contributed by atoms with E-state index in [4.69, 9.17) is 4.74 Å². The monoisotopic (exact) mass is 334 g/mol. The minimum Gasteiger partial charge on any atom is -0.375 e. The van der Waals surface area contributed by atoms with Gasteiger partial charge in [-0.15, -0.1) is 12.4 Å². The van der Waals surface area contributed by atoms with E-state index < -0.39 is 17.7 Å². The SMILES string of the molecule is CC(CNC(=O)[C@H]1NCCO[C@@H]1C)c1ccc(F)cc1F.Cl. The topological polar surface area (TPSA) is 50.4 Å². The van der Waals surface area contributed by atoms with Crippen LogP contribution in [-0.2, 0) is 9.53 Å². The van der Waals surface area contributed by atoms with Crippen LogP contribution >= 0.6 is 12.4 Å². The highest BCUT2D eigenvalue weighted by Crippen LogP contribution is 2.19. The molecule has 22 heavy (non-hydrogen) atoms. The van der Waals surface area contributed by atoms with E-state index in [-0.39, 0.29) is 36.9 Å². The number of nitrogens with one attached hydrogen (secondary N) is 2. The number of halogens is 3. The maximum atomic E-state index is 13.7. The van der Waals surface area contributed by atoms with Crippen LogP contribution in [0.25, 0.3) is 0 Å². The molecule has 0 aliphatic carbocycles. The minimum absolute atomic E-state index is 0. The number of amides is 1. The van der Waals surface area contributed by atoms with Crippen LogP contribution in [0.3, 0.4) is 0 Å². The van der Waals surface area contributed by atoms with Crippen molar-refractivity contribution in [3.05, 3.63) is 35.4 Å². The number of morpholine rings is 1. The van der Waals surface area contributed by atoms with Gasteiger partial charge in [-0.1, -0.05) is 13.0 Å². The fourth-order valence-electron chi connectivity index (χ4n) is 2.40. The molecule has 1 aliphatic rings. The first-order valence-electron chi connectivity index (χ1n) is 7.06. The lowest BCUT2D eigenvalue weighted by atomic mass is 10.00. The average molecular weight is 335 g/mol. The maximum Gasteiger partial charge on any atom is 0.239 e. The molecule has 0 saturated carbocycles. The Balaban J connectivity index is 0.00000242. The van der Waals surface area contributed by atoms with Gasteiger partial charge in [0.2, 0.25) is 5.91 Å². The van der Waals surface area contributed by atoms with Crippen LogP contribution in [0.15, 0.2) is 18.2 Å². The van der Waals surface area contributed by atoms with Crippen molar-refractivity contribution in [2.24, 2.45) is 0 Å². The Labute approximate surface area is 135 Å². The second-order valence-corrected chi connectivity index (χ2v) is 5.32. The zero-order valence-electron chi connectivity index (χ0n) is 12.6. The number of carbonyl (C=O) groups is 1. The van der Waals surface area contributed by atoms with E-state index in [9.17, 15) is 13.6 Å². The van der Waals surface area contributed by atoms with Crippen LogP contribution in [0.4, 0.5) is 8.78 Å². The Morgan fingerprint density at radius 1 is 1.50 bits per heavy atom. The van der Waals surface area contributed by atoms with Crippen molar-refractivity contribution in [3.8, 4) is 0 Å².